The quantitative estimate of drug-likeness (QED) is 0.704. The van der Waals surface area contributed by atoms with Crippen LogP contribution in [0.4, 0.5) is 4.39 Å². The number of carbonyl (C=O) groups excluding carboxylic acids is 1. The highest BCUT2D eigenvalue weighted by Gasteiger charge is 2.31. The number of pyridine rings is 1. The lowest BCUT2D eigenvalue weighted by atomic mass is 9.87. The molecule has 0 unspecified atom stereocenters. The van der Waals surface area contributed by atoms with Gasteiger partial charge in [-0.15, -0.1) is 0 Å². The van der Waals surface area contributed by atoms with Crippen molar-refractivity contribution in [3.05, 3.63) is 38.9 Å². The molecule has 0 atom stereocenters. The number of nitrogens with zero attached hydrogens (tertiary/aromatic N) is 3. The Labute approximate surface area is 202 Å². The van der Waals surface area contributed by atoms with E-state index in [9.17, 15) is 18.8 Å². The molecule has 1 N–H and O–H groups in total. The lowest BCUT2D eigenvalue weighted by Gasteiger charge is -2.32. The predicted molar refractivity (Wildman–Crippen MR) is 132 cm³/mol. The molecular weight excluding hydrogens is 455 g/mol. The van der Waals surface area contributed by atoms with E-state index in [0.717, 1.165) is 69.1 Å². The van der Waals surface area contributed by atoms with Gasteiger partial charge in [0.1, 0.15) is 11.5 Å². The van der Waals surface area contributed by atoms with Crippen LogP contribution in [-0.2, 0) is 4.79 Å². The van der Waals surface area contributed by atoms with E-state index in [2.05, 4.69) is 10.3 Å². The molecule has 3 fully saturated rings. The lowest BCUT2D eigenvalue weighted by molar-refractivity contribution is -0.126. The van der Waals surface area contributed by atoms with Crippen LogP contribution in [0, 0.1) is 11.7 Å². The van der Waals surface area contributed by atoms with Crippen molar-refractivity contribution < 1.29 is 9.18 Å². The summed E-state index contributed by atoms with van der Waals surface area (Å²) in [6.07, 6.45) is 10.9. The average Bonchev–Trinajstić information content (AvgIpc) is 2.87. The molecule has 2 aliphatic carbocycles. The molecule has 184 valence electrons. The van der Waals surface area contributed by atoms with Gasteiger partial charge in [0, 0.05) is 24.0 Å². The van der Waals surface area contributed by atoms with Gasteiger partial charge in [-0.1, -0.05) is 19.3 Å². The van der Waals surface area contributed by atoms with E-state index in [1.807, 2.05) is 11.8 Å². The number of carbonyl (C=O) groups is 1. The second-order valence-corrected chi connectivity index (χ2v) is 11.3. The van der Waals surface area contributed by atoms with Gasteiger partial charge in [-0.25, -0.2) is 14.2 Å². The van der Waals surface area contributed by atoms with Gasteiger partial charge >= 0.3 is 5.69 Å². The lowest BCUT2D eigenvalue weighted by Crippen LogP contribution is -2.47. The van der Waals surface area contributed by atoms with E-state index in [4.69, 9.17) is 0 Å². The number of aromatic nitrogens is 3. The summed E-state index contributed by atoms with van der Waals surface area (Å²) in [6.45, 7) is 0. The van der Waals surface area contributed by atoms with Gasteiger partial charge in [0.05, 0.1) is 11.6 Å². The van der Waals surface area contributed by atoms with Gasteiger partial charge in [-0.05, 0) is 68.9 Å². The second-order valence-electron chi connectivity index (χ2n) is 10.0. The van der Waals surface area contributed by atoms with Crippen molar-refractivity contribution in [2.75, 3.05) is 11.5 Å². The molecular formula is C25H33FN4O3S. The van der Waals surface area contributed by atoms with Gasteiger partial charge in [-0.3, -0.25) is 18.7 Å². The Morgan fingerprint density at radius 1 is 0.941 bits per heavy atom. The number of hydrogen-bond acceptors (Lipinski definition) is 5. The van der Waals surface area contributed by atoms with Crippen LogP contribution < -0.4 is 16.6 Å². The molecule has 7 nitrogen and oxygen atoms in total. The summed E-state index contributed by atoms with van der Waals surface area (Å²) in [4.78, 5) is 43.9. The average molecular weight is 489 g/mol. The van der Waals surface area contributed by atoms with Crippen LogP contribution in [0.1, 0.15) is 82.7 Å². The van der Waals surface area contributed by atoms with Crippen LogP contribution in [-0.4, -0.2) is 37.6 Å². The molecule has 2 saturated carbocycles. The highest BCUT2D eigenvalue weighted by Crippen LogP contribution is 2.31. The highest BCUT2D eigenvalue weighted by molar-refractivity contribution is 7.99. The number of nitrogens with one attached hydrogen (secondary N) is 1. The standard InChI is InChI=1S/C25H33FN4O3S/c26-17-14-21-22(27-15-17)29(20-10-12-34-13-11-20)25(33)30(24(21)32)19-8-6-18(7-9-19)28-23(31)16-4-2-1-3-5-16/h14-16,18-20H,1-13H2,(H,28,31). The number of fused-ring (bicyclic) bond motifs is 1. The Balaban J connectivity index is 1.40. The molecule has 2 aromatic rings. The number of rotatable bonds is 4. The summed E-state index contributed by atoms with van der Waals surface area (Å²) >= 11 is 1.86. The van der Waals surface area contributed by atoms with Crippen molar-refractivity contribution in [1.82, 2.24) is 19.4 Å². The van der Waals surface area contributed by atoms with E-state index >= 15 is 0 Å². The summed E-state index contributed by atoms with van der Waals surface area (Å²) < 4.78 is 17.0. The summed E-state index contributed by atoms with van der Waals surface area (Å²) in [5, 5.41) is 3.39. The number of hydrogen-bond donors (Lipinski definition) is 1. The van der Waals surface area contributed by atoms with Crippen LogP contribution >= 0.6 is 11.8 Å². The first-order valence-corrected chi connectivity index (χ1v) is 13.9. The van der Waals surface area contributed by atoms with Gasteiger partial charge in [-0.2, -0.15) is 11.8 Å². The Bertz CT molecular complexity index is 1160. The van der Waals surface area contributed by atoms with Crippen molar-refractivity contribution in [3.8, 4) is 0 Å². The maximum absolute atomic E-state index is 14.0. The van der Waals surface area contributed by atoms with Crippen molar-refractivity contribution in [2.24, 2.45) is 5.92 Å². The van der Waals surface area contributed by atoms with Crippen molar-refractivity contribution in [2.45, 2.75) is 88.8 Å². The van der Waals surface area contributed by atoms with E-state index in [-0.39, 0.29) is 46.7 Å². The zero-order chi connectivity index (χ0) is 23.7. The summed E-state index contributed by atoms with van der Waals surface area (Å²) in [7, 11) is 0. The normalized spacial score (nSPS) is 24.9. The Kier molecular flexibility index (Phi) is 7.09. The molecule has 34 heavy (non-hydrogen) atoms. The monoisotopic (exact) mass is 488 g/mol. The molecule has 3 aliphatic rings. The van der Waals surface area contributed by atoms with Crippen molar-refractivity contribution >= 4 is 28.7 Å². The van der Waals surface area contributed by atoms with Crippen LogP contribution in [0.25, 0.3) is 11.0 Å². The van der Waals surface area contributed by atoms with E-state index < -0.39 is 11.4 Å². The maximum Gasteiger partial charge on any atom is 0.333 e. The van der Waals surface area contributed by atoms with Gasteiger partial charge in [0.15, 0.2) is 0 Å². The molecule has 2 aromatic heterocycles. The first-order chi connectivity index (χ1) is 16.5. The molecule has 0 bridgehead atoms. The smallest absolute Gasteiger partial charge is 0.333 e. The minimum atomic E-state index is -0.574. The van der Waals surface area contributed by atoms with E-state index in [0.29, 0.717) is 12.8 Å². The topological polar surface area (TPSA) is 86.0 Å². The predicted octanol–water partition coefficient (Wildman–Crippen LogP) is 3.95. The Hall–Kier alpha value is -2.16. The third kappa shape index (κ3) is 4.68. The first kappa shape index (κ1) is 23.6. The van der Waals surface area contributed by atoms with Crippen LogP contribution in [0.5, 0.6) is 0 Å². The molecule has 0 aromatic carbocycles. The van der Waals surface area contributed by atoms with E-state index in [1.54, 1.807) is 4.57 Å². The van der Waals surface area contributed by atoms with Crippen molar-refractivity contribution in [3.63, 3.8) is 0 Å². The molecule has 9 heteroatoms. The Morgan fingerprint density at radius 2 is 1.62 bits per heavy atom. The van der Waals surface area contributed by atoms with E-state index in [1.165, 1.54) is 17.1 Å². The second kappa shape index (κ2) is 10.2. The third-order valence-corrected chi connectivity index (χ3v) is 8.91. The van der Waals surface area contributed by atoms with Gasteiger partial charge in [0.25, 0.3) is 5.56 Å². The zero-order valence-corrected chi connectivity index (χ0v) is 20.3. The molecule has 1 aliphatic heterocycles. The van der Waals surface area contributed by atoms with Crippen LogP contribution in [0.15, 0.2) is 21.9 Å². The number of amides is 1. The van der Waals surface area contributed by atoms with Crippen LogP contribution in [0.3, 0.4) is 0 Å². The van der Waals surface area contributed by atoms with Gasteiger partial charge in [0.2, 0.25) is 5.91 Å². The van der Waals surface area contributed by atoms with Crippen molar-refractivity contribution in [1.29, 1.82) is 0 Å². The minimum absolute atomic E-state index is 0.0350. The zero-order valence-electron chi connectivity index (χ0n) is 19.5. The molecule has 1 amide bonds. The maximum atomic E-state index is 14.0. The van der Waals surface area contributed by atoms with Crippen LogP contribution in [0.2, 0.25) is 0 Å². The highest BCUT2D eigenvalue weighted by atomic mass is 32.2. The van der Waals surface area contributed by atoms with Gasteiger partial charge < -0.3 is 5.32 Å². The fraction of sp³-hybridized carbons (Fsp3) is 0.680. The fourth-order valence-corrected chi connectivity index (χ4v) is 7.04. The molecule has 0 radical (unpaired) electrons. The summed E-state index contributed by atoms with van der Waals surface area (Å²) in [5.41, 5.74) is -0.496. The number of thioether (sulfide) groups is 1. The number of halogens is 1. The summed E-state index contributed by atoms with van der Waals surface area (Å²) in [6, 6.07) is 1.01. The molecule has 5 rings (SSSR count). The first-order valence-electron chi connectivity index (χ1n) is 12.7. The Morgan fingerprint density at radius 3 is 2.32 bits per heavy atom. The summed E-state index contributed by atoms with van der Waals surface area (Å²) in [5.74, 6) is 1.60. The fourth-order valence-electron chi connectivity index (χ4n) is 5.96. The SMILES string of the molecule is O=C(NC1CCC(n2c(=O)c3cc(F)cnc3n(C3CCSCC3)c2=O)CC1)C1CCCCC1. The molecule has 3 heterocycles. The minimum Gasteiger partial charge on any atom is -0.353 e. The molecule has 1 saturated heterocycles. The third-order valence-electron chi connectivity index (χ3n) is 7.86. The molecule has 0 spiro atoms. The largest absolute Gasteiger partial charge is 0.353 e.